The van der Waals surface area contributed by atoms with Crippen molar-refractivity contribution < 1.29 is 0 Å². The molecule has 0 atom stereocenters. The predicted molar refractivity (Wildman–Crippen MR) is 193 cm³/mol. The number of hydrogen-bond donors (Lipinski definition) is 0. The fourth-order valence-electron chi connectivity index (χ4n) is 5.70. The predicted octanol–water partition coefficient (Wildman–Crippen LogP) is 14.2. The summed E-state index contributed by atoms with van der Waals surface area (Å²) in [6.45, 7) is 4.31. The van der Waals surface area contributed by atoms with Crippen molar-refractivity contribution in [1.29, 1.82) is 0 Å². The molecule has 0 aliphatic rings. The summed E-state index contributed by atoms with van der Waals surface area (Å²) in [6.07, 6.45) is 1.87. The van der Waals surface area contributed by atoms with Gasteiger partial charge in [-0.1, -0.05) is 119 Å². The maximum Gasteiger partial charge on any atom is 0.0720 e. The van der Waals surface area contributed by atoms with Crippen LogP contribution in [0.25, 0.3) is 27.5 Å². The summed E-state index contributed by atoms with van der Waals surface area (Å²) in [7, 11) is 0. The molecule has 5 aromatic carbocycles. The van der Waals surface area contributed by atoms with Gasteiger partial charge in [-0.3, -0.25) is 0 Å². The average Bonchev–Trinajstić information content (AvgIpc) is 3.28. The minimum Gasteiger partial charge on any atom is -0.309 e. The van der Waals surface area contributed by atoms with Crippen LogP contribution in [0.1, 0.15) is 41.7 Å². The number of halogens is 8. The Morgan fingerprint density at radius 3 is 1.16 bits per heavy atom. The number of hydrogen-bond acceptors (Lipinski definition) is 0. The number of nitrogens with zero attached hydrogens (tertiary/aromatic N) is 1. The zero-order valence-corrected chi connectivity index (χ0v) is 29.4. The van der Waals surface area contributed by atoms with Crippen LogP contribution in [0.2, 0.25) is 40.2 Å². The van der Waals surface area contributed by atoms with Crippen LogP contribution >= 0.6 is 92.8 Å². The molecule has 0 unspecified atom stereocenters. The lowest BCUT2D eigenvalue weighted by Gasteiger charge is -2.25. The second kappa shape index (κ2) is 12.8. The van der Waals surface area contributed by atoms with E-state index in [1.54, 1.807) is 24.3 Å². The van der Waals surface area contributed by atoms with E-state index in [4.69, 9.17) is 92.8 Å². The number of benzene rings is 5. The summed E-state index contributed by atoms with van der Waals surface area (Å²) >= 11 is 54.0. The molecule has 0 aliphatic heterocycles. The third kappa shape index (κ3) is 5.70. The third-order valence-corrected chi connectivity index (χ3v) is 9.98. The van der Waals surface area contributed by atoms with Crippen molar-refractivity contribution in [2.45, 2.75) is 26.7 Å². The summed E-state index contributed by atoms with van der Waals surface area (Å²) in [4.78, 5) is 0. The van der Waals surface area contributed by atoms with E-state index in [0.29, 0.717) is 42.7 Å². The molecule has 1 heterocycles. The topological polar surface area (TPSA) is 4.93 Å². The SMILES string of the molecule is CCc1ccc2c(c1)c1cc(CC)ccc1n2-c1cc(Cl)c([C](c2c(Cl)cc(Cl)cc2Cl)c2c(Cl)cc(Cl)cc2Cl)c(Cl)c1. The number of rotatable bonds is 6. The van der Waals surface area contributed by atoms with Crippen LogP contribution in [0.5, 0.6) is 0 Å². The van der Waals surface area contributed by atoms with E-state index in [-0.39, 0.29) is 20.1 Å². The molecule has 1 nitrogen and oxygen atoms in total. The van der Waals surface area contributed by atoms with Crippen molar-refractivity contribution in [3.05, 3.63) is 147 Å². The lowest BCUT2D eigenvalue weighted by Crippen LogP contribution is -2.10. The van der Waals surface area contributed by atoms with Gasteiger partial charge in [0.15, 0.2) is 0 Å². The average molecular weight is 740 g/mol. The highest BCUT2D eigenvalue weighted by molar-refractivity contribution is 6.43. The lowest BCUT2D eigenvalue weighted by atomic mass is 9.84. The fraction of sp³-hybridized carbons (Fsp3) is 0.114. The number of aromatic nitrogens is 1. The Morgan fingerprint density at radius 1 is 0.477 bits per heavy atom. The minimum absolute atomic E-state index is 0.275. The second-order valence-corrected chi connectivity index (χ2v) is 13.7. The molecule has 1 radical (unpaired) electrons. The van der Waals surface area contributed by atoms with Gasteiger partial charge in [0.25, 0.3) is 0 Å². The number of fused-ring (bicyclic) bond motifs is 3. The van der Waals surface area contributed by atoms with Gasteiger partial charge in [0.05, 0.1) is 17.0 Å². The Morgan fingerprint density at radius 2 is 0.818 bits per heavy atom. The fourth-order valence-corrected chi connectivity index (χ4v) is 8.38. The quantitative estimate of drug-likeness (QED) is 0.150. The molecule has 44 heavy (non-hydrogen) atoms. The smallest absolute Gasteiger partial charge is 0.0720 e. The van der Waals surface area contributed by atoms with Crippen LogP contribution in [0.3, 0.4) is 0 Å². The normalized spacial score (nSPS) is 11.8. The van der Waals surface area contributed by atoms with Crippen molar-refractivity contribution in [3.8, 4) is 5.69 Å². The molecule has 6 rings (SSSR count). The van der Waals surface area contributed by atoms with E-state index in [9.17, 15) is 0 Å². The maximum atomic E-state index is 7.17. The van der Waals surface area contributed by atoms with Crippen LogP contribution < -0.4 is 0 Å². The van der Waals surface area contributed by atoms with Gasteiger partial charge >= 0.3 is 0 Å². The van der Waals surface area contributed by atoms with Gasteiger partial charge in [-0.15, -0.1) is 0 Å². The van der Waals surface area contributed by atoms with Gasteiger partial charge in [-0.25, -0.2) is 0 Å². The van der Waals surface area contributed by atoms with Crippen molar-refractivity contribution in [2.75, 3.05) is 0 Å². The van der Waals surface area contributed by atoms with Crippen LogP contribution in [-0.4, -0.2) is 4.57 Å². The zero-order chi connectivity index (χ0) is 31.4. The van der Waals surface area contributed by atoms with Crippen molar-refractivity contribution in [1.82, 2.24) is 4.57 Å². The molecule has 0 amide bonds. The lowest BCUT2D eigenvalue weighted by molar-refractivity contribution is 1.13. The Balaban J connectivity index is 1.64. The molecule has 0 N–H and O–H groups in total. The van der Waals surface area contributed by atoms with E-state index in [0.717, 1.165) is 40.3 Å². The van der Waals surface area contributed by atoms with Gasteiger partial charge in [0.2, 0.25) is 0 Å². The molecule has 6 aromatic rings. The van der Waals surface area contributed by atoms with Crippen molar-refractivity contribution in [3.63, 3.8) is 0 Å². The van der Waals surface area contributed by atoms with E-state index in [1.165, 1.54) is 11.1 Å². The van der Waals surface area contributed by atoms with Crippen LogP contribution in [-0.2, 0) is 12.8 Å². The Kier molecular flexibility index (Phi) is 9.35. The zero-order valence-electron chi connectivity index (χ0n) is 23.3. The molecule has 0 saturated heterocycles. The molecular weight excluding hydrogens is 718 g/mol. The second-order valence-electron chi connectivity index (χ2n) is 10.4. The molecule has 9 heteroatoms. The van der Waals surface area contributed by atoms with Crippen LogP contribution in [0.4, 0.5) is 0 Å². The van der Waals surface area contributed by atoms with Crippen molar-refractivity contribution >= 4 is 115 Å². The molecular formula is C35H22Cl8N. The highest BCUT2D eigenvalue weighted by Crippen LogP contribution is 2.50. The maximum absolute atomic E-state index is 7.17. The summed E-state index contributed by atoms with van der Waals surface area (Å²) in [6, 6.07) is 23.2. The molecule has 1 aromatic heterocycles. The largest absolute Gasteiger partial charge is 0.309 e. The molecule has 0 aliphatic carbocycles. The van der Waals surface area contributed by atoms with Crippen LogP contribution in [0.15, 0.2) is 72.8 Å². The summed E-state index contributed by atoms with van der Waals surface area (Å²) in [5, 5.41) is 4.85. The summed E-state index contributed by atoms with van der Waals surface area (Å²) < 4.78 is 2.18. The summed E-state index contributed by atoms with van der Waals surface area (Å²) in [5.74, 6) is 0.451. The molecule has 0 fully saturated rings. The molecule has 0 bridgehead atoms. The first-order valence-electron chi connectivity index (χ1n) is 13.7. The van der Waals surface area contributed by atoms with E-state index < -0.39 is 0 Å². The monoisotopic (exact) mass is 736 g/mol. The van der Waals surface area contributed by atoms with Crippen LogP contribution in [0, 0.1) is 5.92 Å². The first-order chi connectivity index (χ1) is 21.0. The number of aryl methyl sites for hydroxylation is 2. The van der Waals surface area contributed by atoms with Gasteiger partial charge in [0, 0.05) is 73.3 Å². The van der Waals surface area contributed by atoms with Gasteiger partial charge in [0.1, 0.15) is 0 Å². The first kappa shape index (κ1) is 32.2. The Hall–Kier alpha value is -1.78. The van der Waals surface area contributed by atoms with E-state index >= 15 is 0 Å². The van der Waals surface area contributed by atoms with E-state index in [1.807, 2.05) is 12.1 Å². The highest BCUT2D eigenvalue weighted by atomic mass is 35.5. The van der Waals surface area contributed by atoms with E-state index in [2.05, 4.69) is 54.8 Å². The van der Waals surface area contributed by atoms with Gasteiger partial charge < -0.3 is 4.57 Å². The molecule has 0 spiro atoms. The Bertz CT molecular complexity index is 1910. The standard InChI is InChI=1S/C35H22Cl8N/c1-3-17-5-7-30-22(9-17)23-10-18(4-2)6-8-31(23)44(30)21-15-28(42)34(29(43)16-21)35(32-24(38)11-19(36)12-25(32)39)33-26(40)13-20(37)14-27(33)41/h5-16H,3-4H2,1-2H3. The third-order valence-electron chi connectivity index (χ3n) is 7.76. The van der Waals surface area contributed by atoms with Crippen molar-refractivity contribution in [2.24, 2.45) is 0 Å². The molecule has 223 valence electrons. The minimum atomic E-state index is 0.275. The molecule has 0 saturated carbocycles. The Labute approximate surface area is 296 Å². The summed E-state index contributed by atoms with van der Waals surface area (Å²) in [5.41, 5.74) is 6.71. The van der Waals surface area contributed by atoms with Gasteiger partial charge in [-0.2, -0.15) is 0 Å². The first-order valence-corrected chi connectivity index (χ1v) is 16.8. The highest BCUT2D eigenvalue weighted by Gasteiger charge is 2.32. The van der Waals surface area contributed by atoms with Gasteiger partial charge in [-0.05, 0) is 84.6 Å².